The van der Waals surface area contributed by atoms with Gasteiger partial charge in [-0.05, 0) is 49.7 Å². The first kappa shape index (κ1) is 17.0. The van der Waals surface area contributed by atoms with E-state index >= 15 is 0 Å². The molecule has 1 aliphatic heterocycles. The number of allylic oxidation sites excluding steroid dienone is 1. The standard InChI is InChI=1S/C17H18N4O3S/c1-9-3-5-12(8-15(9)25(19,23)24)20-10(2)16-13-7-11(18)4-6-14(13)21-17(16)22/h3-8,20H,18H2,1-2H3,(H,21,22)(H2,19,23,24). The van der Waals surface area contributed by atoms with Gasteiger partial charge >= 0.3 is 0 Å². The number of sulfonamides is 1. The van der Waals surface area contributed by atoms with E-state index < -0.39 is 10.0 Å². The predicted molar refractivity (Wildman–Crippen MR) is 98.3 cm³/mol. The van der Waals surface area contributed by atoms with Crippen molar-refractivity contribution in [3.8, 4) is 0 Å². The normalized spacial score (nSPS) is 15.6. The molecule has 130 valence electrons. The molecule has 0 unspecified atom stereocenters. The maximum atomic E-state index is 12.3. The molecule has 2 aromatic carbocycles. The fraction of sp³-hybridized carbons (Fsp3) is 0.118. The maximum Gasteiger partial charge on any atom is 0.258 e. The van der Waals surface area contributed by atoms with Gasteiger partial charge in [0.25, 0.3) is 5.91 Å². The fourth-order valence-corrected chi connectivity index (χ4v) is 3.63. The van der Waals surface area contributed by atoms with E-state index in [1.54, 1.807) is 44.2 Å². The molecule has 0 saturated heterocycles. The van der Waals surface area contributed by atoms with E-state index in [2.05, 4.69) is 10.6 Å². The summed E-state index contributed by atoms with van der Waals surface area (Å²) in [6.45, 7) is 3.40. The molecule has 1 heterocycles. The van der Waals surface area contributed by atoms with Crippen LogP contribution in [-0.4, -0.2) is 14.3 Å². The number of carbonyl (C=O) groups excluding carboxylic acids is 1. The van der Waals surface area contributed by atoms with Crippen molar-refractivity contribution in [2.75, 3.05) is 16.4 Å². The van der Waals surface area contributed by atoms with Gasteiger partial charge in [0.2, 0.25) is 10.0 Å². The van der Waals surface area contributed by atoms with Gasteiger partial charge < -0.3 is 16.4 Å². The van der Waals surface area contributed by atoms with Gasteiger partial charge in [0.05, 0.1) is 10.5 Å². The number of nitrogens with one attached hydrogen (secondary N) is 2. The zero-order valence-electron chi connectivity index (χ0n) is 13.8. The van der Waals surface area contributed by atoms with Gasteiger partial charge in [-0.15, -0.1) is 0 Å². The molecule has 6 N–H and O–H groups in total. The van der Waals surface area contributed by atoms with E-state index in [0.717, 1.165) is 0 Å². The molecule has 1 amide bonds. The molecule has 0 radical (unpaired) electrons. The number of nitrogen functional groups attached to an aromatic ring is 1. The Balaban J connectivity index is 2.04. The topological polar surface area (TPSA) is 127 Å². The molecular weight excluding hydrogens is 340 g/mol. The van der Waals surface area contributed by atoms with Crippen molar-refractivity contribution in [2.45, 2.75) is 18.7 Å². The second-order valence-corrected chi connectivity index (χ2v) is 7.44. The Labute approximate surface area is 145 Å². The third kappa shape index (κ3) is 3.21. The van der Waals surface area contributed by atoms with Crippen LogP contribution in [0.15, 0.2) is 47.0 Å². The Hall–Kier alpha value is -2.84. The number of amides is 1. The van der Waals surface area contributed by atoms with E-state index in [4.69, 9.17) is 10.9 Å². The van der Waals surface area contributed by atoms with Crippen LogP contribution in [-0.2, 0) is 14.8 Å². The number of rotatable bonds is 3. The number of carbonyl (C=O) groups is 1. The lowest BCUT2D eigenvalue weighted by atomic mass is 10.0. The molecule has 8 heteroatoms. The predicted octanol–water partition coefficient (Wildman–Crippen LogP) is 2.02. The number of nitrogens with two attached hydrogens (primary N) is 2. The van der Waals surface area contributed by atoms with Gasteiger partial charge in [-0.2, -0.15) is 0 Å². The quantitative estimate of drug-likeness (QED) is 0.493. The summed E-state index contributed by atoms with van der Waals surface area (Å²) in [5.41, 5.74) is 9.85. The minimum absolute atomic E-state index is 0.0378. The minimum Gasteiger partial charge on any atom is -0.399 e. The largest absolute Gasteiger partial charge is 0.399 e. The van der Waals surface area contributed by atoms with E-state index in [1.807, 2.05) is 0 Å². The van der Waals surface area contributed by atoms with Gasteiger partial charge in [0, 0.05) is 28.3 Å². The van der Waals surface area contributed by atoms with Crippen molar-refractivity contribution < 1.29 is 13.2 Å². The van der Waals surface area contributed by atoms with Crippen LogP contribution in [0.25, 0.3) is 5.57 Å². The molecule has 0 bridgehead atoms. The average Bonchev–Trinajstić information content (AvgIpc) is 2.83. The Bertz CT molecular complexity index is 1030. The smallest absolute Gasteiger partial charge is 0.258 e. The van der Waals surface area contributed by atoms with Crippen molar-refractivity contribution in [1.29, 1.82) is 0 Å². The van der Waals surface area contributed by atoms with E-state index in [0.29, 0.717) is 39.5 Å². The van der Waals surface area contributed by atoms with Crippen molar-refractivity contribution >= 4 is 38.6 Å². The third-order valence-electron chi connectivity index (χ3n) is 3.99. The zero-order chi connectivity index (χ0) is 18.4. The Morgan fingerprint density at radius 2 is 1.88 bits per heavy atom. The zero-order valence-corrected chi connectivity index (χ0v) is 14.6. The highest BCUT2D eigenvalue weighted by Gasteiger charge is 2.26. The summed E-state index contributed by atoms with van der Waals surface area (Å²) in [7, 11) is -3.83. The molecule has 7 nitrogen and oxygen atoms in total. The minimum atomic E-state index is -3.83. The van der Waals surface area contributed by atoms with Crippen LogP contribution in [0, 0.1) is 6.92 Å². The first-order valence-corrected chi connectivity index (χ1v) is 9.04. The number of hydrogen-bond donors (Lipinski definition) is 4. The van der Waals surface area contributed by atoms with Crippen molar-refractivity contribution in [3.63, 3.8) is 0 Å². The molecule has 0 aromatic heterocycles. The second kappa shape index (κ2) is 5.91. The Morgan fingerprint density at radius 1 is 1.16 bits per heavy atom. The molecule has 0 aliphatic carbocycles. The summed E-state index contributed by atoms with van der Waals surface area (Å²) in [6, 6.07) is 10.00. The number of anilines is 3. The van der Waals surface area contributed by atoms with Crippen LogP contribution in [0.5, 0.6) is 0 Å². The summed E-state index contributed by atoms with van der Waals surface area (Å²) in [4.78, 5) is 12.3. The number of hydrogen-bond acceptors (Lipinski definition) is 5. The summed E-state index contributed by atoms with van der Waals surface area (Å²) in [5, 5.41) is 11.1. The van der Waals surface area contributed by atoms with E-state index in [1.165, 1.54) is 6.07 Å². The molecular formula is C17H18N4O3S. The highest BCUT2D eigenvalue weighted by Crippen LogP contribution is 2.35. The first-order valence-electron chi connectivity index (χ1n) is 7.49. The average molecular weight is 358 g/mol. The molecule has 0 fully saturated rings. The second-order valence-electron chi connectivity index (χ2n) is 5.91. The monoisotopic (exact) mass is 358 g/mol. The summed E-state index contributed by atoms with van der Waals surface area (Å²) in [6.07, 6.45) is 0. The highest BCUT2D eigenvalue weighted by atomic mass is 32.2. The van der Waals surface area contributed by atoms with Crippen LogP contribution < -0.4 is 21.5 Å². The van der Waals surface area contributed by atoms with E-state index in [-0.39, 0.29) is 10.8 Å². The number of primary sulfonamides is 1. The number of benzene rings is 2. The van der Waals surface area contributed by atoms with Crippen LogP contribution in [0.3, 0.4) is 0 Å². The van der Waals surface area contributed by atoms with Crippen LogP contribution in [0.4, 0.5) is 17.1 Å². The van der Waals surface area contributed by atoms with Gasteiger partial charge in [0.1, 0.15) is 0 Å². The lowest BCUT2D eigenvalue weighted by Gasteiger charge is -2.12. The van der Waals surface area contributed by atoms with Crippen molar-refractivity contribution in [1.82, 2.24) is 0 Å². The van der Waals surface area contributed by atoms with Gasteiger partial charge in [0.15, 0.2) is 0 Å². The van der Waals surface area contributed by atoms with Crippen LogP contribution in [0.2, 0.25) is 0 Å². The SMILES string of the molecule is CC(Nc1ccc(C)c(S(N)(=O)=O)c1)=C1C(=O)Nc2ccc(N)cc21. The molecule has 25 heavy (non-hydrogen) atoms. The molecule has 0 spiro atoms. The molecule has 3 rings (SSSR count). The molecule has 0 atom stereocenters. The van der Waals surface area contributed by atoms with Gasteiger partial charge in [-0.3, -0.25) is 4.79 Å². The number of fused-ring (bicyclic) bond motifs is 1. The number of aryl methyl sites for hydroxylation is 1. The Kier molecular flexibility index (Phi) is 4.02. The highest BCUT2D eigenvalue weighted by molar-refractivity contribution is 7.89. The van der Waals surface area contributed by atoms with Gasteiger partial charge in [-0.1, -0.05) is 6.07 Å². The third-order valence-corrected chi connectivity index (χ3v) is 5.04. The molecule has 0 saturated carbocycles. The molecule has 2 aromatic rings. The van der Waals surface area contributed by atoms with Gasteiger partial charge in [-0.25, -0.2) is 13.6 Å². The summed E-state index contributed by atoms with van der Waals surface area (Å²) >= 11 is 0. The Morgan fingerprint density at radius 3 is 2.56 bits per heavy atom. The van der Waals surface area contributed by atoms with Crippen molar-refractivity contribution in [3.05, 3.63) is 53.2 Å². The lowest BCUT2D eigenvalue weighted by molar-refractivity contribution is -0.110. The first-order chi connectivity index (χ1) is 11.7. The summed E-state index contributed by atoms with van der Waals surface area (Å²) < 4.78 is 23.3. The fourth-order valence-electron chi connectivity index (χ4n) is 2.82. The van der Waals surface area contributed by atoms with E-state index in [9.17, 15) is 13.2 Å². The van der Waals surface area contributed by atoms with Crippen molar-refractivity contribution in [2.24, 2.45) is 5.14 Å². The maximum absolute atomic E-state index is 12.3. The summed E-state index contributed by atoms with van der Waals surface area (Å²) in [5.74, 6) is -0.246. The van der Waals surface area contributed by atoms with Crippen LogP contribution >= 0.6 is 0 Å². The molecule has 1 aliphatic rings. The van der Waals surface area contributed by atoms with Crippen LogP contribution in [0.1, 0.15) is 18.1 Å². The lowest BCUT2D eigenvalue weighted by Crippen LogP contribution is -2.14.